The lowest BCUT2D eigenvalue weighted by Crippen LogP contribution is -2.22. The Hall–Kier alpha value is -0.340. The van der Waals surface area contributed by atoms with E-state index in [2.05, 4.69) is 18.4 Å². The molecule has 0 spiro atoms. The van der Waals surface area contributed by atoms with Crippen LogP contribution in [0.4, 0.5) is 0 Å². The van der Waals surface area contributed by atoms with E-state index >= 15 is 0 Å². The Bertz CT molecular complexity index is 279. The molecule has 1 saturated carbocycles. The number of aliphatic hydroxyl groups excluding tert-OH is 1. The predicted molar refractivity (Wildman–Crippen MR) is 56.3 cm³/mol. The Morgan fingerprint density at radius 2 is 2.15 bits per heavy atom. The molecule has 0 amide bonds. The van der Waals surface area contributed by atoms with Crippen LogP contribution in [0.2, 0.25) is 0 Å². The van der Waals surface area contributed by atoms with Crippen LogP contribution in [0.25, 0.3) is 0 Å². The van der Waals surface area contributed by atoms with Gasteiger partial charge in [0.2, 0.25) is 0 Å². The fourth-order valence-electron chi connectivity index (χ4n) is 2.18. The molecular weight excluding hydrogens is 180 g/mol. The molecule has 2 atom stereocenters. The molecule has 1 aliphatic carbocycles. The number of hydrogen-bond acceptors (Lipinski definition) is 2. The molecule has 1 nitrogen and oxygen atoms in total. The number of thiophene rings is 1. The standard InChI is InChI=1S/C11H16OS/c1-8-6-7-13-11(8)9-4-2-3-5-10(9)12/h6-7,9-10,12H,2-5H2,1H3/t9-,10-/m1/s1. The van der Waals surface area contributed by atoms with Crippen molar-refractivity contribution in [2.75, 3.05) is 0 Å². The van der Waals surface area contributed by atoms with Crippen LogP contribution in [0.15, 0.2) is 11.4 Å². The van der Waals surface area contributed by atoms with Crippen LogP contribution in [0.3, 0.4) is 0 Å². The quantitative estimate of drug-likeness (QED) is 0.732. The monoisotopic (exact) mass is 196 g/mol. The van der Waals surface area contributed by atoms with Gasteiger partial charge in [0.15, 0.2) is 0 Å². The van der Waals surface area contributed by atoms with Gasteiger partial charge in [-0.15, -0.1) is 11.3 Å². The van der Waals surface area contributed by atoms with Gasteiger partial charge in [-0.05, 0) is 36.8 Å². The Kier molecular flexibility index (Phi) is 2.70. The third-order valence-electron chi connectivity index (χ3n) is 2.97. The number of aliphatic hydroxyl groups is 1. The highest BCUT2D eigenvalue weighted by molar-refractivity contribution is 7.10. The van der Waals surface area contributed by atoms with E-state index in [0.717, 1.165) is 6.42 Å². The lowest BCUT2D eigenvalue weighted by atomic mass is 9.84. The van der Waals surface area contributed by atoms with E-state index in [1.807, 2.05) is 0 Å². The zero-order valence-electron chi connectivity index (χ0n) is 7.99. The fraction of sp³-hybridized carbons (Fsp3) is 0.636. The molecule has 0 bridgehead atoms. The molecule has 13 heavy (non-hydrogen) atoms. The van der Waals surface area contributed by atoms with Gasteiger partial charge in [-0.2, -0.15) is 0 Å². The van der Waals surface area contributed by atoms with E-state index in [0.29, 0.717) is 5.92 Å². The zero-order chi connectivity index (χ0) is 9.26. The van der Waals surface area contributed by atoms with Crippen molar-refractivity contribution in [3.05, 3.63) is 21.9 Å². The van der Waals surface area contributed by atoms with Crippen molar-refractivity contribution in [1.82, 2.24) is 0 Å². The highest BCUT2D eigenvalue weighted by atomic mass is 32.1. The van der Waals surface area contributed by atoms with Crippen molar-refractivity contribution in [3.8, 4) is 0 Å². The van der Waals surface area contributed by atoms with E-state index in [1.54, 1.807) is 11.3 Å². The van der Waals surface area contributed by atoms with Gasteiger partial charge in [-0.3, -0.25) is 0 Å². The smallest absolute Gasteiger partial charge is 0.0616 e. The zero-order valence-corrected chi connectivity index (χ0v) is 8.81. The largest absolute Gasteiger partial charge is 0.392 e. The lowest BCUT2D eigenvalue weighted by molar-refractivity contribution is 0.107. The lowest BCUT2D eigenvalue weighted by Gasteiger charge is -2.27. The first-order chi connectivity index (χ1) is 6.29. The van der Waals surface area contributed by atoms with Gasteiger partial charge < -0.3 is 5.11 Å². The molecule has 1 aromatic rings. The fourth-order valence-corrected chi connectivity index (χ4v) is 3.30. The molecule has 1 aliphatic rings. The summed E-state index contributed by atoms with van der Waals surface area (Å²) in [6.07, 6.45) is 4.54. The number of aryl methyl sites for hydroxylation is 1. The average molecular weight is 196 g/mol. The number of hydrogen-bond donors (Lipinski definition) is 1. The van der Waals surface area contributed by atoms with Crippen molar-refractivity contribution in [1.29, 1.82) is 0 Å². The Labute approximate surface area is 83.4 Å². The van der Waals surface area contributed by atoms with Gasteiger partial charge in [0.25, 0.3) is 0 Å². The van der Waals surface area contributed by atoms with Crippen LogP contribution < -0.4 is 0 Å². The Morgan fingerprint density at radius 3 is 2.77 bits per heavy atom. The third-order valence-corrected chi connectivity index (χ3v) is 4.12. The maximum atomic E-state index is 9.87. The molecule has 2 heteroatoms. The maximum absolute atomic E-state index is 9.87. The summed E-state index contributed by atoms with van der Waals surface area (Å²) in [6.45, 7) is 2.15. The van der Waals surface area contributed by atoms with Crippen LogP contribution in [0, 0.1) is 6.92 Å². The molecule has 1 N–H and O–H groups in total. The van der Waals surface area contributed by atoms with E-state index in [-0.39, 0.29) is 6.10 Å². The van der Waals surface area contributed by atoms with Crippen molar-refractivity contribution in [2.24, 2.45) is 0 Å². The van der Waals surface area contributed by atoms with Gasteiger partial charge in [0.1, 0.15) is 0 Å². The predicted octanol–water partition coefficient (Wildman–Crippen LogP) is 3.08. The molecule has 0 aromatic carbocycles. The summed E-state index contributed by atoms with van der Waals surface area (Å²) in [6, 6.07) is 2.15. The van der Waals surface area contributed by atoms with Gasteiger partial charge in [0.05, 0.1) is 6.10 Å². The van der Waals surface area contributed by atoms with Crippen LogP contribution in [-0.2, 0) is 0 Å². The van der Waals surface area contributed by atoms with Crippen LogP contribution in [0.5, 0.6) is 0 Å². The molecule has 2 rings (SSSR count). The molecule has 1 fully saturated rings. The number of rotatable bonds is 1. The minimum Gasteiger partial charge on any atom is -0.392 e. The van der Waals surface area contributed by atoms with Crippen molar-refractivity contribution in [2.45, 2.75) is 44.6 Å². The van der Waals surface area contributed by atoms with Crippen LogP contribution >= 0.6 is 11.3 Å². The summed E-state index contributed by atoms with van der Waals surface area (Å²) in [5, 5.41) is 12.0. The molecule has 1 aromatic heterocycles. The van der Waals surface area contributed by atoms with Crippen molar-refractivity contribution in [3.63, 3.8) is 0 Å². The summed E-state index contributed by atoms with van der Waals surface area (Å²) in [5.74, 6) is 0.425. The summed E-state index contributed by atoms with van der Waals surface area (Å²) in [7, 11) is 0. The van der Waals surface area contributed by atoms with E-state index < -0.39 is 0 Å². The molecule has 0 aliphatic heterocycles. The first-order valence-electron chi connectivity index (χ1n) is 5.01. The first kappa shape index (κ1) is 9.22. The highest BCUT2D eigenvalue weighted by Gasteiger charge is 2.26. The minimum absolute atomic E-state index is 0.0916. The second-order valence-corrected chi connectivity index (χ2v) is 4.87. The molecule has 0 unspecified atom stereocenters. The van der Waals surface area contributed by atoms with E-state index in [4.69, 9.17) is 0 Å². The van der Waals surface area contributed by atoms with Crippen LogP contribution in [-0.4, -0.2) is 11.2 Å². The van der Waals surface area contributed by atoms with Crippen molar-refractivity contribution < 1.29 is 5.11 Å². The van der Waals surface area contributed by atoms with Gasteiger partial charge in [-0.1, -0.05) is 12.8 Å². The van der Waals surface area contributed by atoms with Gasteiger partial charge >= 0.3 is 0 Å². The summed E-state index contributed by atoms with van der Waals surface area (Å²) < 4.78 is 0. The Morgan fingerprint density at radius 1 is 1.38 bits per heavy atom. The first-order valence-corrected chi connectivity index (χ1v) is 5.89. The third kappa shape index (κ3) is 1.79. The highest BCUT2D eigenvalue weighted by Crippen LogP contribution is 2.37. The molecule has 0 saturated heterocycles. The summed E-state index contributed by atoms with van der Waals surface area (Å²) >= 11 is 1.80. The molecule has 1 heterocycles. The normalized spacial score (nSPS) is 29.1. The second kappa shape index (κ2) is 3.81. The molecule has 0 radical (unpaired) electrons. The summed E-state index contributed by atoms with van der Waals surface area (Å²) in [5.41, 5.74) is 1.36. The van der Waals surface area contributed by atoms with Gasteiger partial charge in [0, 0.05) is 10.8 Å². The van der Waals surface area contributed by atoms with Crippen LogP contribution in [0.1, 0.15) is 42.0 Å². The van der Waals surface area contributed by atoms with Crippen molar-refractivity contribution >= 4 is 11.3 Å². The average Bonchev–Trinajstić information content (AvgIpc) is 2.52. The second-order valence-electron chi connectivity index (χ2n) is 3.93. The van der Waals surface area contributed by atoms with E-state index in [9.17, 15) is 5.11 Å². The summed E-state index contributed by atoms with van der Waals surface area (Å²) in [4.78, 5) is 1.41. The topological polar surface area (TPSA) is 20.2 Å². The SMILES string of the molecule is Cc1ccsc1[C@@H]1CCCC[C@H]1O. The van der Waals surface area contributed by atoms with Gasteiger partial charge in [-0.25, -0.2) is 0 Å². The Balaban J connectivity index is 2.19. The molecular formula is C11H16OS. The molecule has 72 valence electrons. The minimum atomic E-state index is -0.0916. The maximum Gasteiger partial charge on any atom is 0.0616 e. The van der Waals surface area contributed by atoms with E-state index in [1.165, 1.54) is 29.7 Å².